The van der Waals surface area contributed by atoms with Gasteiger partial charge >= 0.3 is 12.5 Å². The topological polar surface area (TPSA) is 49.8 Å². The number of hydrogen-bond acceptors (Lipinski definition) is 2. The lowest BCUT2D eigenvalue weighted by Gasteiger charge is -2.33. The first-order valence-electron chi connectivity index (χ1n) is 5.50. The molecule has 0 spiro atoms. The summed E-state index contributed by atoms with van der Waals surface area (Å²) < 4.78 is 53.4. The molecule has 0 radical (unpaired) electrons. The van der Waals surface area contributed by atoms with Crippen molar-refractivity contribution in [2.75, 3.05) is 4.90 Å². The molecule has 0 atom stereocenters. The van der Waals surface area contributed by atoms with Crippen LogP contribution in [0.15, 0.2) is 18.2 Å². The van der Waals surface area contributed by atoms with Gasteiger partial charge in [0.15, 0.2) is 5.82 Å². The second kappa shape index (κ2) is 5.18. The number of ether oxygens (including phenoxy) is 1. The fraction of sp³-hybridized carbons (Fsp3) is 0.417. The molecule has 112 valence electrons. The maximum Gasteiger partial charge on any atom is 0.573 e. The number of carboxylic acid groups (broad SMARTS) is 1. The lowest BCUT2D eigenvalue weighted by Crippen LogP contribution is -2.45. The quantitative estimate of drug-likeness (QED) is 0.839. The fourth-order valence-electron chi connectivity index (χ4n) is 1.62. The van der Waals surface area contributed by atoms with Crippen molar-refractivity contribution in [3.8, 4) is 5.75 Å². The van der Waals surface area contributed by atoms with Crippen LogP contribution < -0.4 is 9.64 Å². The first kappa shape index (κ1) is 16.1. The highest BCUT2D eigenvalue weighted by molar-refractivity contribution is 5.87. The number of benzene rings is 1. The van der Waals surface area contributed by atoms with E-state index in [0.717, 1.165) is 17.0 Å². The zero-order valence-electron chi connectivity index (χ0n) is 11.0. The Kier molecular flexibility index (Phi) is 4.16. The molecular formula is C12H13F4NO3. The smallest absolute Gasteiger partial charge is 0.465 e. The molecule has 0 heterocycles. The van der Waals surface area contributed by atoms with E-state index in [1.807, 2.05) is 0 Å². The fourth-order valence-corrected chi connectivity index (χ4v) is 1.62. The third kappa shape index (κ3) is 4.01. The van der Waals surface area contributed by atoms with E-state index < -0.39 is 29.6 Å². The van der Waals surface area contributed by atoms with Crippen molar-refractivity contribution in [1.29, 1.82) is 0 Å². The number of hydrogen-bond donors (Lipinski definition) is 1. The van der Waals surface area contributed by atoms with Crippen LogP contribution in [-0.4, -0.2) is 23.1 Å². The van der Waals surface area contributed by atoms with Gasteiger partial charge < -0.3 is 9.84 Å². The van der Waals surface area contributed by atoms with Crippen molar-refractivity contribution in [3.05, 3.63) is 24.0 Å². The van der Waals surface area contributed by atoms with Gasteiger partial charge in [-0.15, -0.1) is 13.2 Å². The van der Waals surface area contributed by atoms with Crippen LogP contribution in [0.1, 0.15) is 20.8 Å². The minimum Gasteiger partial charge on any atom is -0.465 e. The molecule has 0 aliphatic heterocycles. The third-order valence-corrected chi connectivity index (χ3v) is 2.26. The van der Waals surface area contributed by atoms with Gasteiger partial charge in [-0.05, 0) is 32.9 Å². The van der Waals surface area contributed by atoms with Crippen LogP contribution in [0.5, 0.6) is 5.75 Å². The molecular weight excluding hydrogens is 282 g/mol. The van der Waals surface area contributed by atoms with Gasteiger partial charge in [0.05, 0.1) is 5.69 Å². The number of anilines is 1. The Morgan fingerprint density at radius 1 is 1.25 bits per heavy atom. The summed E-state index contributed by atoms with van der Waals surface area (Å²) in [5.74, 6) is -1.87. The summed E-state index contributed by atoms with van der Waals surface area (Å²) in [6.07, 6.45) is -6.36. The molecule has 1 aromatic rings. The molecule has 1 rings (SSSR count). The Balaban J connectivity index is 3.18. The van der Waals surface area contributed by atoms with Gasteiger partial charge in [0.1, 0.15) is 5.75 Å². The van der Waals surface area contributed by atoms with E-state index in [1.54, 1.807) is 0 Å². The largest absolute Gasteiger partial charge is 0.573 e. The maximum atomic E-state index is 13.8. The molecule has 0 aliphatic carbocycles. The van der Waals surface area contributed by atoms with Crippen molar-refractivity contribution < 1.29 is 32.2 Å². The Morgan fingerprint density at radius 3 is 2.15 bits per heavy atom. The minimum absolute atomic E-state index is 0.348. The van der Waals surface area contributed by atoms with Gasteiger partial charge in [-0.25, -0.2) is 9.18 Å². The van der Waals surface area contributed by atoms with Crippen LogP contribution in [0.3, 0.4) is 0 Å². The molecule has 8 heteroatoms. The zero-order chi connectivity index (χ0) is 15.7. The Labute approximate surface area is 112 Å². The average Bonchev–Trinajstić information content (AvgIpc) is 2.16. The number of halogens is 4. The zero-order valence-corrected chi connectivity index (χ0v) is 11.0. The minimum atomic E-state index is -4.94. The molecule has 0 bridgehead atoms. The molecule has 1 N–H and O–H groups in total. The highest BCUT2D eigenvalue weighted by atomic mass is 19.4. The summed E-state index contributed by atoms with van der Waals surface area (Å²) in [6.45, 7) is 4.59. The van der Waals surface area contributed by atoms with Crippen LogP contribution in [0.2, 0.25) is 0 Å². The van der Waals surface area contributed by atoms with Crippen molar-refractivity contribution >= 4 is 11.8 Å². The summed E-state index contributed by atoms with van der Waals surface area (Å²) >= 11 is 0. The van der Waals surface area contributed by atoms with Crippen molar-refractivity contribution in [1.82, 2.24) is 0 Å². The van der Waals surface area contributed by atoms with E-state index >= 15 is 0 Å². The first-order valence-corrected chi connectivity index (χ1v) is 5.50. The lowest BCUT2D eigenvalue weighted by molar-refractivity contribution is -0.274. The molecule has 0 aromatic heterocycles. The highest BCUT2D eigenvalue weighted by Gasteiger charge is 2.33. The second-order valence-corrected chi connectivity index (χ2v) is 4.95. The lowest BCUT2D eigenvalue weighted by atomic mass is 10.1. The molecule has 0 saturated carbocycles. The molecule has 4 nitrogen and oxygen atoms in total. The van der Waals surface area contributed by atoms with Gasteiger partial charge in [0, 0.05) is 11.6 Å². The Bertz CT molecular complexity index is 508. The van der Waals surface area contributed by atoms with Gasteiger partial charge in [-0.3, -0.25) is 4.90 Å². The van der Waals surface area contributed by atoms with Crippen molar-refractivity contribution in [2.45, 2.75) is 32.7 Å². The van der Waals surface area contributed by atoms with Crippen LogP contribution in [0, 0.1) is 5.82 Å². The van der Waals surface area contributed by atoms with E-state index in [2.05, 4.69) is 4.74 Å². The maximum absolute atomic E-state index is 13.8. The van der Waals surface area contributed by atoms with E-state index in [-0.39, 0.29) is 5.69 Å². The van der Waals surface area contributed by atoms with Crippen LogP contribution in [0.4, 0.5) is 28.0 Å². The predicted octanol–water partition coefficient (Wildman–Crippen LogP) is 4.01. The van der Waals surface area contributed by atoms with Crippen LogP contribution in [0.25, 0.3) is 0 Å². The number of carbonyl (C=O) groups is 1. The number of amides is 1. The second-order valence-electron chi connectivity index (χ2n) is 4.95. The SMILES string of the molecule is CC(C)(C)N(C(=O)O)c1ccc(OC(F)(F)F)cc1F. The summed E-state index contributed by atoms with van der Waals surface area (Å²) in [7, 11) is 0. The van der Waals surface area contributed by atoms with E-state index in [0.29, 0.717) is 6.07 Å². The van der Waals surface area contributed by atoms with Crippen LogP contribution in [-0.2, 0) is 0 Å². The van der Waals surface area contributed by atoms with Crippen molar-refractivity contribution in [3.63, 3.8) is 0 Å². The highest BCUT2D eigenvalue weighted by Crippen LogP contribution is 2.31. The number of nitrogens with zero attached hydrogens (tertiary/aromatic N) is 1. The third-order valence-electron chi connectivity index (χ3n) is 2.26. The molecule has 1 amide bonds. The summed E-state index contributed by atoms with van der Waals surface area (Å²) in [6, 6.07) is 2.27. The van der Waals surface area contributed by atoms with E-state index in [9.17, 15) is 22.4 Å². The molecule has 0 unspecified atom stereocenters. The Morgan fingerprint density at radius 2 is 1.80 bits per heavy atom. The standard InChI is InChI=1S/C12H13F4NO3/c1-11(2,3)17(10(18)19)9-5-4-7(6-8(9)13)20-12(14,15)16/h4-6H,1-3H3,(H,18,19). The van der Waals surface area contributed by atoms with Crippen LogP contribution >= 0.6 is 0 Å². The molecule has 20 heavy (non-hydrogen) atoms. The van der Waals surface area contributed by atoms with Gasteiger partial charge in [-0.2, -0.15) is 0 Å². The van der Waals surface area contributed by atoms with Gasteiger partial charge in [-0.1, -0.05) is 0 Å². The molecule has 1 aromatic carbocycles. The van der Waals surface area contributed by atoms with E-state index in [4.69, 9.17) is 5.11 Å². The van der Waals surface area contributed by atoms with Crippen molar-refractivity contribution in [2.24, 2.45) is 0 Å². The predicted molar refractivity (Wildman–Crippen MR) is 63.3 cm³/mol. The first-order chi connectivity index (χ1) is 8.92. The molecule has 0 aliphatic rings. The van der Waals surface area contributed by atoms with Gasteiger partial charge in [0.25, 0.3) is 0 Å². The normalized spacial score (nSPS) is 12.2. The number of alkyl halides is 3. The summed E-state index contributed by atoms with van der Waals surface area (Å²) in [5, 5.41) is 9.09. The molecule has 0 fully saturated rings. The number of rotatable bonds is 2. The summed E-state index contributed by atoms with van der Waals surface area (Å²) in [4.78, 5) is 11.9. The van der Waals surface area contributed by atoms with E-state index in [1.165, 1.54) is 20.8 Å². The monoisotopic (exact) mass is 295 g/mol. The Hall–Kier alpha value is -1.99. The molecule has 0 saturated heterocycles. The van der Waals surface area contributed by atoms with Gasteiger partial charge in [0.2, 0.25) is 0 Å². The summed E-state index contributed by atoms with van der Waals surface area (Å²) in [5.41, 5.74) is -1.31. The average molecular weight is 295 g/mol.